The van der Waals surface area contributed by atoms with E-state index in [-0.39, 0.29) is 0 Å². The van der Waals surface area contributed by atoms with Crippen LogP contribution in [0, 0.1) is 5.92 Å². The fourth-order valence-corrected chi connectivity index (χ4v) is 5.02. The van der Waals surface area contributed by atoms with Crippen molar-refractivity contribution in [2.45, 2.75) is 63.2 Å². The topological polar surface area (TPSA) is 31.0 Å². The Morgan fingerprint density at radius 2 is 2.00 bits per heavy atom. The molecule has 0 aromatic carbocycles. The number of hydrogen-bond donors (Lipinski definition) is 0. The van der Waals surface area contributed by atoms with Crippen molar-refractivity contribution >= 4 is 9.28 Å². The summed E-state index contributed by atoms with van der Waals surface area (Å²) in [7, 11) is 2.18. The van der Waals surface area contributed by atoms with Crippen LogP contribution in [-0.2, 0) is 13.6 Å². The molecule has 4 atom stereocenters. The molecular weight excluding hydrogens is 232 g/mol. The van der Waals surface area contributed by atoms with Crippen molar-refractivity contribution in [2.75, 3.05) is 14.2 Å². The number of fused-ring (bicyclic) bond motifs is 1. The quantitative estimate of drug-likeness (QED) is 0.519. The maximum absolute atomic E-state index is 5.59. The van der Waals surface area contributed by atoms with Crippen LogP contribution in [0.25, 0.3) is 0 Å². The van der Waals surface area contributed by atoms with E-state index in [0.29, 0.717) is 17.7 Å². The minimum absolute atomic E-state index is 0.617. The minimum Gasteiger partial charge on any atom is -0.400 e. The number of epoxide rings is 1. The Morgan fingerprint density at radius 1 is 1.24 bits per heavy atom. The lowest BCUT2D eigenvalue weighted by Gasteiger charge is -2.25. The van der Waals surface area contributed by atoms with Crippen LogP contribution >= 0.6 is 0 Å². The fraction of sp³-hybridized carbons (Fsp3) is 1.00. The third-order valence-electron chi connectivity index (χ3n) is 4.43. The van der Waals surface area contributed by atoms with Gasteiger partial charge in [0.15, 0.2) is 0 Å². The predicted octanol–water partition coefficient (Wildman–Crippen LogP) is 2.63. The molecule has 0 bridgehead atoms. The molecule has 0 N–H and O–H groups in total. The zero-order valence-corrected chi connectivity index (χ0v) is 12.5. The molecule has 1 aliphatic carbocycles. The van der Waals surface area contributed by atoms with Gasteiger partial charge in [-0.2, -0.15) is 0 Å². The van der Waals surface area contributed by atoms with E-state index >= 15 is 0 Å². The molecule has 17 heavy (non-hydrogen) atoms. The highest BCUT2D eigenvalue weighted by atomic mass is 28.3. The van der Waals surface area contributed by atoms with Crippen LogP contribution in [0.15, 0.2) is 0 Å². The normalized spacial score (nSPS) is 33.5. The Balaban J connectivity index is 1.71. The first kappa shape index (κ1) is 13.5. The summed E-state index contributed by atoms with van der Waals surface area (Å²) in [5.41, 5.74) is 0.669. The maximum Gasteiger partial charge on any atom is 0.324 e. The van der Waals surface area contributed by atoms with Crippen molar-refractivity contribution in [3.63, 3.8) is 0 Å². The van der Waals surface area contributed by atoms with Crippen LogP contribution in [0.5, 0.6) is 0 Å². The van der Waals surface area contributed by atoms with Crippen LogP contribution in [-0.4, -0.2) is 35.7 Å². The Morgan fingerprint density at radius 3 is 2.59 bits per heavy atom. The van der Waals surface area contributed by atoms with Gasteiger partial charge in [0.2, 0.25) is 0 Å². The van der Waals surface area contributed by atoms with Crippen LogP contribution in [0.1, 0.15) is 45.4 Å². The second-order valence-corrected chi connectivity index (χ2v) is 8.10. The molecule has 1 saturated carbocycles. The van der Waals surface area contributed by atoms with Crippen molar-refractivity contribution in [1.29, 1.82) is 0 Å². The fourth-order valence-electron chi connectivity index (χ4n) is 3.21. The van der Waals surface area contributed by atoms with Gasteiger partial charge >= 0.3 is 9.28 Å². The molecule has 2 rings (SSSR count). The van der Waals surface area contributed by atoms with E-state index in [9.17, 15) is 0 Å². The van der Waals surface area contributed by atoms with Crippen molar-refractivity contribution in [3.8, 4) is 0 Å². The second-order valence-electron chi connectivity index (χ2n) is 5.48. The first-order valence-electron chi connectivity index (χ1n) is 6.99. The number of ether oxygens (including phenoxy) is 1. The van der Waals surface area contributed by atoms with Gasteiger partial charge in [-0.3, -0.25) is 0 Å². The average molecular weight is 258 g/mol. The highest BCUT2D eigenvalue weighted by molar-refractivity contribution is 6.46. The molecule has 1 aliphatic heterocycles. The summed E-state index contributed by atoms with van der Waals surface area (Å²) in [5.74, 6) is 0.885. The molecule has 0 aromatic heterocycles. The lowest BCUT2D eigenvalue weighted by Crippen LogP contribution is -2.26. The van der Waals surface area contributed by atoms with Crippen molar-refractivity contribution < 1.29 is 13.6 Å². The van der Waals surface area contributed by atoms with E-state index in [1.807, 2.05) is 0 Å². The summed E-state index contributed by atoms with van der Waals surface area (Å²) in [6, 6.07) is 0. The largest absolute Gasteiger partial charge is 0.400 e. The molecule has 0 amide bonds. The standard InChI is InChI=1S/C13H26O3Si/c1-4-11(17(14-2)15-3)7-5-10-6-8-12-13(9-10)16-12/h10-13,17H,4-9H2,1-3H3. The highest BCUT2D eigenvalue weighted by Crippen LogP contribution is 2.42. The monoisotopic (exact) mass is 258 g/mol. The van der Waals surface area contributed by atoms with Gasteiger partial charge in [0.1, 0.15) is 0 Å². The molecule has 1 saturated heterocycles. The summed E-state index contributed by atoms with van der Waals surface area (Å²) < 4.78 is 16.6. The lowest BCUT2D eigenvalue weighted by atomic mass is 9.85. The summed E-state index contributed by atoms with van der Waals surface area (Å²) in [6.07, 6.45) is 9.00. The highest BCUT2D eigenvalue weighted by Gasteiger charge is 2.43. The van der Waals surface area contributed by atoms with Gasteiger partial charge in [0.05, 0.1) is 12.2 Å². The van der Waals surface area contributed by atoms with E-state index in [0.717, 1.165) is 5.92 Å². The van der Waals surface area contributed by atoms with Gasteiger partial charge in [0.25, 0.3) is 0 Å². The van der Waals surface area contributed by atoms with Gasteiger partial charge in [-0.1, -0.05) is 19.8 Å². The third-order valence-corrected chi connectivity index (χ3v) is 6.94. The molecule has 0 spiro atoms. The summed E-state index contributed by atoms with van der Waals surface area (Å²) >= 11 is 0. The molecule has 2 fully saturated rings. The van der Waals surface area contributed by atoms with Gasteiger partial charge in [0, 0.05) is 14.2 Å². The minimum atomic E-state index is -1.42. The second kappa shape index (κ2) is 6.32. The van der Waals surface area contributed by atoms with Gasteiger partial charge in [-0.25, -0.2) is 0 Å². The van der Waals surface area contributed by atoms with Crippen LogP contribution < -0.4 is 0 Å². The van der Waals surface area contributed by atoms with Gasteiger partial charge in [-0.15, -0.1) is 0 Å². The molecule has 3 nitrogen and oxygen atoms in total. The molecule has 0 radical (unpaired) electrons. The van der Waals surface area contributed by atoms with Crippen LogP contribution in [0.4, 0.5) is 0 Å². The zero-order chi connectivity index (χ0) is 12.3. The Kier molecular flexibility index (Phi) is 5.03. The molecule has 0 aromatic rings. The summed E-state index contributed by atoms with van der Waals surface area (Å²) in [6.45, 7) is 2.25. The van der Waals surface area contributed by atoms with Crippen LogP contribution in [0.2, 0.25) is 5.54 Å². The van der Waals surface area contributed by atoms with E-state index in [4.69, 9.17) is 13.6 Å². The Labute approximate surface area is 107 Å². The molecule has 2 aliphatic rings. The van der Waals surface area contributed by atoms with E-state index in [1.54, 1.807) is 14.2 Å². The first-order chi connectivity index (χ1) is 8.28. The van der Waals surface area contributed by atoms with Gasteiger partial charge < -0.3 is 13.6 Å². The van der Waals surface area contributed by atoms with Crippen molar-refractivity contribution in [1.82, 2.24) is 0 Å². The molecule has 4 heteroatoms. The molecule has 1 heterocycles. The Bertz CT molecular complexity index is 233. The van der Waals surface area contributed by atoms with Crippen molar-refractivity contribution in [2.24, 2.45) is 5.92 Å². The van der Waals surface area contributed by atoms with E-state index in [2.05, 4.69) is 6.92 Å². The SMILES string of the molecule is CCC(CCC1CCC2OC2C1)[SiH](OC)OC. The predicted molar refractivity (Wildman–Crippen MR) is 70.4 cm³/mol. The third kappa shape index (κ3) is 3.53. The molecular formula is C13H26O3Si. The average Bonchev–Trinajstić information content (AvgIpc) is 3.12. The molecule has 4 unspecified atom stereocenters. The van der Waals surface area contributed by atoms with Gasteiger partial charge in [-0.05, 0) is 37.1 Å². The Hall–Kier alpha value is 0.0969. The summed E-state index contributed by atoms with van der Waals surface area (Å²) in [5, 5.41) is 0. The van der Waals surface area contributed by atoms with E-state index in [1.165, 1.54) is 38.5 Å². The maximum atomic E-state index is 5.59. The summed E-state index contributed by atoms with van der Waals surface area (Å²) in [4.78, 5) is 0. The lowest BCUT2D eigenvalue weighted by molar-refractivity contribution is 0.255. The van der Waals surface area contributed by atoms with Crippen molar-refractivity contribution in [3.05, 3.63) is 0 Å². The first-order valence-corrected chi connectivity index (χ1v) is 8.60. The zero-order valence-electron chi connectivity index (χ0n) is 11.4. The van der Waals surface area contributed by atoms with Crippen LogP contribution in [0.3, 0.4) is 0 Å². The van der Waals surface area contributed by atoms with E-state index < -0.39 is 9.28 Å². The molecule has 100 valence electrons. The number of rotatable bonds is 7. The number of hydrogen-bond acceptors (Lipinski definition) is 3. The smallest absolute Gasteiger partial charge is 0.324 e.